The first-order valence-electron chi connectivity index (χ1n) is 6.14. The molecule has 1 saturated carbocycles. The van der Waals surface area contributed by atoms with Gasteiger partial charge in [0.25, 0.3) is 0 Å². The van der Waals surface area contributed by atoms with Crippen LogP contribution in [0.3, 0.4) is 0 Å². The molecule has 0 radical (unpaired) electrons. The summed E-state index contributed by atoms with van der Waals surface area (Å²) < 4.78 is 0. The number of carbonyl (C=O) groups excluding carboxylic acids is 1. The van der Waals surface area contributed by atoms with Crippen molar-refractivity contribution in [2.45, 2.75) is 51.5 Å². The number of hydrogen-bond acceptors (Lipinski definition) is 2. The van der Waals surface area contributed by atoms with Crippen LogP contribution in [0.1, 0.15) is 46.0 Å². The van der Waals surface area contributed by atoms with Crippen LogP contribution in [0.4, 0.5) is 0 Å². The molecule has 15 heavy (non-hydrogen) atoms. The molecule has 0 bridgehead atoms. The first kappa shape index (κ1) is 10.9. The van der Waals surface area contributed by atoms with Gasteiger partial charge in [-0.2, -0.15) is 0 Å². The lowest BCUT2D eigenvalue weighted by Crippen LogP contribution is -2.50. The normalized spacial score (nSPS) is 27.1. The predicted molar refractivity (Wildman–Crippen MR) is 60.6 cm³/mol. The van der Waals surface area contributed by atoms with Gasteiger partial charge in [0.1, 0.15) is 0 Å². The molecular weight excluding hydrogens is 188 g/mol. The van der Waals surface area contributed by atoms with Crippen molar-refractivity contribution in [3.8, 4) is 0 Å². The zero-order valence-electron chi connectivity index (χ0n) is 9.86. The lowest BCUT2D eigenvalue weighted by atomic mass is 9.75. The van der Waals surface area contributed by atoms with Gasteiger partial charge in [0.2, 0.25) is 5.91 Å². The Kier molecular flexibility index (Phi) is 2.75. The molecule has 0 aromatic heterocycles. The molecule has 3 nitrogen and oxygen atoms in total. The number of carbonyl (C=O) groups is 1. The monoisotopic (exact) mass is 210 g/mol. The van der Waals surface area contributed by atoms with Crippen LogP contribution in [0, 0.1) is 5.41 Å². The Hall–Kier alpha value is -0.570. The molecule has 1 aliphatic carbocycles. The summed E-state index contributed by atoms with van der Waals surface area (Å²) in [6.07, 6.45) is 5.25. The van der Waals surface area contributed by atoms with Crippen LogP contribution in [0.15, 0.2) is 0 Å². The number of hydrogen-bond donors (Lipinski definition) is 2. The summed E-state index contributed by atoms with van der Waals surface area (Å²) in [5.74, 6) is 0.298. The summed E-state index contributed by atoms with van der Waals surface area (Å²) in [4.78, 5) is 12.3. The molecule has 2 rings (SSSR count). The van der Waals surface area contributed by atoms with Gasteiger partial charge in [0, 0.05) is 5.54 Å². The van der Waals surface area contributed by atoms with Gasteiger partial charge in [-0.25, -0.2) is 0 Å². The van der Waals surface area contributed by atoms with E-state index in [2.05, 4.69) is 24.5 Å². The molecule has 0 atom stereocenters. The van der Waals surface area contributed by atoms with Crippen LogP contribution in [-0.4, -0.2) is 24.5 Å². The third-order valence-electron chi connectivity index (χ3n) is 4.13. The fraction of sp³-hybridized carbons (Fsp3) is 0.917. The topological polar surface area (TPSA) is 41.1 Å². The van der Waals surface area contributed by atoms with E-state index in [0.717, 1.165) is 45.2 Å². The molecule has 2 N–H and O–H groups in total. The highest BCUT2D eigenvalue weighted by atomic mass is 16.2. The Balaban J connectivity index is 2.00. The van der Waals surface area contributed by atoms with Crippen molar-refractivity contribution in [2.75, 3.05) is 13.1 Å². The summed E-state index contributed by atoms with van der Waals surface area (Å²) in [6, 6.07) is 0. The highest BCUT2D eigenvalue weighted by Gasteiger charge is 2.44. The third-order valence-corrected chi connectivity index (χ3v) is 4.13. The fourth-order valence-corrected chi connectivity index (χ4v) is 2.37. The Morgan fingerprint density at radius 2 is 1.87 bits per heavy atom. The van der Waals surface area contributed by atoms with Crippen LogP contribution in [0.2, 0.25) is 0 Å². The molecular formula is C12H22N2O. The summed E-state index contributed by atoms with van der Waals surface area (Å²) >= 11 is 0. The summed E-state index contributed by atoms with van der Waals surface area (Å²) in [6.45, 7) is 6.26. The number of piperidine rings is 1. The molecule has 1 amide bonds. The van der Waals surface area contributed by atoms with E-state index in [1.54, 1.807) is 0 Å². The molecule has 2 fully saturated rings. The van der Waals surface area contributed by atoms with Crippen molar-refractivity contribution >= 4 is 5.91 Å². The maximum atomic E-state index is 12.3. The number of nitrogens with one attached hydrogen (secondary N) is 2. The van der Waals surface area contributed by atoms with Crippen molar-refractivity contribution in [1.82, 2.24) is 10.6 Å². The molecule has 0 aromatic rings. The Morgan fingerprint density at radius 1 is 1.27 bits per heavy atom. The molecule has 1 heterocycles. The molecule has 0 unspecified atom stereocenters. The summed E-state index contributed by atoms with van der Waals surface area (Å²) in [5.41, 5.74) is 0.0426. The van der Waals surface area contributed by atoms with Crippen molar-refractivity contribution < 1.29 is 4.79 Å². The van der Waals surface area contributed by atoms with Crippen LogP contribution >= 0.6 is 0 Å². The minimum Gasteiger partial charge on any atom is -0.350 e. The van der Waals surface area contributed by atoms with Crippen LogP contribution in [-0.2, 0) is 4.79 Å². The zero-order chi connectivity index (χ0) is 10.9. The number of rotatable bonds is 3. The Bertz CT molecular complexity index is 252. The third kappa shape index (κ3) is 2.17. The molecule has 1 saturated heterocycles. The maximum Gasteiger partial charge on any atom is 0.226 e. The van der Waals surface area contributed by atoms with E-state index in [4.69, 9.17) is 0 Å². The lowest BCUT2D eigenvalue weighted by Gasteiger charge is -2.36. The summed E-state index contributed by atoms with van der Waals surface area (Å²) in [5, 5.41) is 6.55. The highest BCUT2D eigenvalue weighted by molar-refractivity contribution is 5.83. The van der Waals surface area contributed by atoms with Gasteiger partial charge in [0.05, 0.1) is 5.41 Å². The van der Waals surface area contributed by atoms with Gasteiger partial charge in [0.15, 0.2) is 0 Å². The van der Waals surface area contributed by atoms with Crippen molar-refractivity contribution in [1.29, 1.82) is 0 Å². The highest BCUT2D eigenvalue weighted by Crippen LogP contribution is 2.38. The van der Waals surface area contributed by atoms with E-state index < -0.39 is 0 Å². The molecule has 86 valence electrons. The Morgan fingerprint density at radius 3 is 2.33 bits per heavy atom. The van der Waals surface area contributed by atoms with Gasteiger partial charge in [-0.05, 0) is 52.1 Å². The van der Waals surface area contributed by atoms with E-state index in [0.29, 0.717) is 5.91 Å². The SMILES string of the molecule is CCC1(C(=O)NC2(C)CC2)CCNCC1. The molecule has 0 aromatic carbocycles. The van der Waals surface area contributed by atoms with Crippen LogP contribution < -0.4 is 10.6 Å². The minimum absolute atomic E-state index is 0.0865. The zero-order valence-corrected chi connectivity index (χ0v) is 9.86. The van der Waals surface area contributed by atoms with Gasteiger partial charge in [-0.3, -0.25) is 4.79 Å². The van der Waals surface area contributed by atoms with Gasteiger partial charge in [-0.1, -0.05) is 6.92 Å². The van der Waals surface area contributed by atoms with Gasteiger partial charge >= 0.3 is 0 Å². The van der Waals surface area contributed by atoms with Gasteiger partial charge in [-0.15, -0.1) is 0 Å². The van der Waals surface area contributed by atoms with E-state index in [1.807, 2.05) is 0 Å². The quantitative estimate of drug-likeness (QED) is 0.740. The van der Waals surface area contributed by atoms with E-state index in [1.165, 1.54) is 0 Å². The average Bonchev–Trinajstić information content (AvgIpc) is 2.97. The van der Waals surface area contributed by atoms with E-state index in [9.17, 15) is 4.79 Å². The van der Waals surface area contributed by atoms with Crippen molar-refractivity contribution in [3.63, 3.8) is 0 Å². The Labute approximate surface area is 92.0 Å². The molecule has 1 aliphatic heterocycles. The fourth-order valence-electron chi connectivity index (χ4n) is 2.37. The standard InChI is InChI=1S/C12H22N2O/c1-3-12(6-8-13-9-7-12)10(15)14-11(2)4-5-11/h13H,3-9H2,1-2H3,(H,14,15). The molecule has 0 spiro atoms. The van der Waals surface area contributed by atoms with Crippen molar-refractivity contribution in [2.24, 2.45) is 5.41 Å². The van der Waals surface area contributed by atoms with Crippen LogP contribution in [0.5, 0.6) is 0 Å². The molecule has 2 aliphatic rings. The van der Waals surface area contributed by atoms with E-state index >= 15 is 0 Å². The second-order valence-corrected chi connectivity index (χ2v) is 5.40. The lowest BCUT2D eigenvalue weighted by molar-refractivity contribution is -0.133. The first-order chi connectivity index (χ1) is 7.10. The van der Waals surface area contributed by atoms with Gasteiger partial charge < -0.3 is 10.6 Å². The second kappa shape index (κ2) is 3.78. The summed E-state index contributed by atoms with van der Waals surface area (Å²) in [7, 11) is 0. The second-order valence-electron chi connectivity index (χ2n) is 5.40. The number of amides is 1. The molecule has 3 heteroatoms. The van der Waals surface area contributed by atoms with Crippen LogP contribution in [0.25, 0.3) is 0 Å². The minimum atomic E-state index is -0.0865. The largest absolute Gasteiger partial charge is 0.350 e. The maximum absolute atomic E-state index is 12.3. The average molecular weight is 210 g/mol. The predicted octanol–water partition coefficient (Wildman–Crippen LogP) is 1.43. The van der Waals surface area contributed by atoms with Crippen molar-refractivity contribution in [3.05, 3.63) is 0 Å². The first-order valence-corrected chi connectivity index (χ1v) is 6.14. The smallest absolute Gasteiger partial charge is 0.226 e. The van der Waals surface area contributed by atoms with E-state index in [-0.39, 0.29) is 11.0 Å².